The Kier molecular flexibility index (Phi) is 5.46. The van der Waals surface area contributed by atoms with E-state index in [0.717, 1.165) is 47.5 Å². The lowest BCUT2D eigenvalue weighted by molar-refractivity contribution is -0.125. The molecule has 2 aromatic heterocycles. The van der Waals surface area contributed by atoms with Crippen LogP contribution in [0.2, 0.25) is 5.02 Å². The van der Waals surface area contributed by atoms with Crippen LogP contribution in [0.4, 0.5) is 5.82 Å². The van der Waals surface area contributed by atoms with Gasteiger partial charge >= 0.3 is 0 Å². The smallest absolute Gasteiger partial charge is 0.231 e. The molecule has 0 radical (unpaired) electrons. The average molecular weight is 413 g/mol. The van der Waals surface area contributed by atoms with Gasteiger partial charge in [-0.25, -0.2) is 4.98 Å². The van der Waals surface area contributed by atoms with Crippen LogP contribution in [0.3, 0.4) is 0 Å². The van der Waals surface area contributed by atoms with E-state index in [1.165, 1.54) is 0 Å². The van der Waals surface area contributed by atoms with Crippen LogP contribution in [0.15, 0.2) is 28.7 Å². The summed E-state index contributed by atoms with van der Waals surface area (Å²) in [5, 5.41) is 4.71. The minimum Gasteiger partial charge on any atom is -0.443 e. The molecule has 3 aromatic rings. The number of fused-ring (bicyclic) bond motifs is 1. The van der Waals surface area contributed by atoms with Gasteiger partial charge in [-0.05, 0) is 51.3 Å². The monoisotopic (exact) mass is 412 g/mol. The molecule has 0 saturated carbocycles. The van der Waals surface area contributed by atoms with Gasteiger partial charge in [0, 0.05) is 30.2 Å². The van der Waals surface area contributed by atoms with Crippen LogP contribution < -0.4 is 10.2 Å². The Balaban J connectivity index is 1.50. The molecular weight excluding hydrogens is 388 g/mol. The van der Waals surface area contributed by atoms with E-state index in [2.05, 4.69) is 15.2 Å². The summed E-state index contributed by atoms with van der Waals surface area (Å²) in [6.45, 7) is 7.86. The predicted octanol–water partition coefficient (Wildman–Crippen LogP) is 4.33. The Labute approximate surface area is 175 Å². The van der Waals surface area contributed by atoms with Crippen molar-refractivity contribution in [3.8, 4) is 0 Å². The Hall–Kier alpha value is -2.60. The number of piperidine rings is 1. The molecule has 1 aromatic carbocycles. The third kappa shape index (κ3) is 4.08. The molecule has 7 heteroatoms. The number of amides is 1. The number of benzene rings is 1. The number of furan rings is 1. The number of rotatable bonds is 4. The average Bonchev–Trinajstić information content (AvgIpc) is 3.00. The van der Waals surface area contributed by atoms with Crippen molar-refractivity contribution in [3.63, 3.8) is 0 Å². The normalized spacial score (nSPS) is 17.0. The number of hydrogen-bond donors (Lipinski definition) is 1. The first kappa shape index (κ1) is 19.7. The van der Waals surface area contributed by atoms with Crippen molar-refractivity contribution in [2.24, 2.45) is 5.92 Å². The van der Waals surface area contributed by atoms with Gasteiger partial charge < -0.3 is 14.6 Å². The molecule has 0 bridgehead atoms. The molecule has 1 aliphatic rings. The standard InChI is InChI=1S/C22H25ClN4O2/c1-13-14(2)29-22-19(13)20(25-15(3)26-22)27-10-4-5-17(12-27)21(28)24-11-16-6-8-18(23)9-7-16/h6-9,17H,4-5,10-12H2,1-3H3,(H,24,28)/t17-/m0/s1. The zero-order valence-corrected chi connectivity index (χ0v) is 17.7. The molecule has 1 saturated heterocycles. The minimum atomic E-state index is -0.0744. The number of carbonyl (C=O) groups is 1. The molecule has 4 rings (SSSR count). The third-order valence-electron chi connectivity index (χ3n) is 5.59. The summed E-state index contributed by atoms with van der Waals surface area (Å²) in [4.78, 5) is 24.2. The largest absolute Gasteiger partial charge is 0.443 e. The van der Waals surface area contributed by atoms with Gasteiger partial charge in [0.05, 0.1) is 11.3 Å². The number of halogens is 1. The molecule has 1 N–H and O–H groups in total. The van der Waals surface area contributed by atoms with Gasteiger partial charge in [-0.3, -0.25) is 4.79 Å². The Morgan fingerprint density at radius 2 is 2.00 bits per heavy atom. The molecule has 6 nitrogen and oxygen atoms in total. The molecule has 1 atom stereocenters. The summed E-state index contributed by atoms with van der Waals surface area (Å²) in [5.41, 5.74) is 2.72. The van der Waals surface area contributed by atoms with E-state index < -0.39 is 0 Å². The summed E-state index contributed by atoms with van der Waals surface area (Å²) in [5.74, 6) is 2.41. The lowest BCUT2D eigenvalue weighted by atomic mass is 9.96. The second-order valence-electron chi connectivity index (χ2n) is 7.69. The molecule has 29 heavy (non-hydrogen) atoms. The van der Waals surface area contributed by atoms with Gasteiger partial charge in [0.15, 0.2) is 0 Å². The molecule has 1 amide bonds. The highest BCUT2D eigenvalue weighted by Gasteiger charge is 2.29. The first-order chi connectivity index (χ1) is 13.9. The maximum atomic E-state index is 12.8. The van der Waals surface area contributed by atoms with Crippen LogP contribution in [0.1, 0.15) is 35.6 Å². The fourth-order valence-corrected chi connectivity index (χ4v) is 4.01. The van der Waals surface area contributed by atoms with Gasteiger partial charge in [0.2, 0.25) is 11.6 Å². The second kappa shape index (κ2) is 8.03. The van der Waals surface area contributed by atoms with Crippen LogP contribution in [0, 0.1) is 26.7 Å². The predicted molar refractivity (Wildman–Crippen MR) is 114 cm³/mol. The van der Waals surface area contributed by atoms with Crippen molar-refractivity contribution in [2.45, 2.75) is 40.2 Å². The molecular formula is C22H25ClN4O2. The van der Waals surface area contributed by atoms with Crippen LogP contribution in [-0.4, -0.2) is 29.0 Å². The molecule has 1 fully saturated rings. The van der Waals surface area contributed by atoms with Crippen molar-refractivity contribution in [2.75, 3.05) is 18.0 Å². The number of nitrogens with zero attached hydrogens (tertiary/aromatic N) is 3. The lowest BCUT2D eigenvalue weighted by Crippen LogP contribution is -2.43. The molecule has 0 spiro atoms. The summed E-state index contributed by atoms with van der Waals surface area (Å²) in [6, 6.07) is 7.53. The summed E-state index contributed by atoms with van der Waals surface area (Å²) >= 11 is 5.93. The highest BCUT2D eigenvalue weighted by Crippen LogP contribution is 2.33. The maximum absolute atomic E-state index is 12.8. The fourth-order valence-electron chi connectivity index (χ4n) is 3.88. The van der Waals surface area contributed by atoms with Crippen LogP contribution in [0.5, 0.6) is 0 Å². The SMILES string of the molecule is Cc1nc(N2CCC[C@H](C(=O)NCc3ccc(Cl)cc3)C2)c2c(C)c(C)oc2n1. The van der Waals surface area contributed by atoms with E-state index in [9.17, 15) is 4.79 Å². The highest BCUT2D eigenvalue weighted by atomic mass is 35.5. The van der Waals surface area contributed by atoms with Crippen molar-refractivity contribution in [3.05, 3.63) is 52.0 Å². The van der Waals surface area contributed by atoms with Crippen LogP contribution in [-0.2, 0) is 11.3 Å². The Morgan fingerprint density at radius 3 is 2.76 bits per heavy atom. The molecule has 1 aliphatic heterocycles. The van der Waals surface area contributed by atoms with E-state index in [1.54, 1.807) is 0 Å². The first-order valence-corrected chi connectivity index (χ1v) is 10.3. The number of aromatic nitrogens is 2. The number of nitrogens with one attached hydrogen (secondary N) is 1. The van der Waals surface area contributed by atoms with Gasteiger partial charge in [0.1, 0.15) is 17.4 Å². The van der Waals surface area contributed by atoms with Crippen LogP contribution >= 0.6 is 11.6 Å². The maximum Gasteiger partial charge on any atom is 0.231 e. The van der Waals surface area contributed by atoms with E-state index in [4.69, 9.17) is 21.0 Å². The summed E-state index contributed by atoms with van der Waals surface area (Å²) in [6.07, 6.45) is 1.82. The summed E-state index contributed by atoms with van der Waals surface area (Å²) < 4.78 is 5.81. The van der Waals surface area contributed by atoms with E-state index in [1.807, 2.05) is 45.0 Å². The molecule has 0 unspecified atom stereocenters. The van der Waals surface area contributed by atoms with Gasteiger partial charge in [0.25, 0.3) is 0 Å². The number of hydrogen-bond acceptors (Lipinski definition) is 5. The van der Waals surface area contributed by atoms with E-state index in [-0.39, 0.29) is 11.8 Å². The quantitative estimate of drug-likeness (QED) is 0.690. The second-order valence-corrected chi connectivity index (χ2v) is 8.12. The number of carbonyl (C=O) groups excluding carboxylic acids is 1. The Morgan fingerprint density at radius 1 is 1.24 bits per heavy atom. The third-order valence-corrected chi connectivity index (χ3v) is 5.85. The summed E-state index contributed by atoms with van der Waals surface area (Å²) in [7, 11) is 0. The van der Waals surface area contributed by atoms with Gasteiger partial charge in [-0.15, -0.1) is 0 Å². The van der Waals surface area contributed by atoms with Crippen molar-refractivity contribution < 1.29 is 9.21 Å². The lowest BCUT2D eigenvalue weighted by Gasteiger charge is -2.33. The topological polar surface area (TPSA) is 71.3 Å². The van der Waals surface area contributed by atoms with Crippen molar-refractivity contribution in [1.29, 1.82) is 0 Å². The van der Waals surface area contributed by atoms with Gasteiger partial charge in [-0.1, -0.05) is 23.7 Å². The highest BCUT2D eigenvalue weighted by molar-refractivity contribution is 6.30. The number of anilines is 1. The zero-order valence-electron chi connectivity index (χ0n) is 17.0. The van der Waals surface area contributed by atoms with E-state index >= 15 is 0 Å². The van der Waals surface area contributed by atoms with Crippen molar-refractivity contribution in [1.82, 2.24) is 15.3 Å². The first-order valence-electron chi connectivity index (χ1n) is 9.94. The van der Waals surface area contributed by atoms with Crippen LogP contribution in [0.25, 0.3) is 11.1 Å². The van der Waals surface area contributed by atoms with E-state index in [0.29, 0.717) is 29.7 Å². The fraction of sp³-hybridized carbons (Fsp3) is 0.409. The zero-order chi connectivity index (χ0) is 20.5. The molecule has 0 aliphatic carbocycles. The molecule has 3 heterocycles. The molecule has 152 valence electrons. The number of aryl methyl sites for hydroxylation is 3. The minimum absolute atomic E-state index is 0.0744. The Bertz CT molecular complexity index is 1050. The van der Waals surface area contributed by atoms with Crippen molar-refractivity contribution >= 4 is 34.4 Å². The van der Waals surface area contributed by atoms with Gasteiger partial charge in [-0.2, -0.15) is 4.98 Å².